The summed E-state index contributed by atoms with van der Waals surface area (Å²) in [5.74, 6) is 1.98. The number of hydrogen-bond acceptors (Lipinski definition) is 6. The standard InChI is InChI=1S/C19H34N6OS.HI/c1-3-17-22-19(27-23-17)25-13-11-24(12-14-25)18(20-4-2)21-10-7-15-26-16-8-5-6-9-16;/h16H,3-15H2,1-2H3,(H,20,21);1H. The zero-order chi connectivity index (χ0) is 18.9. The monoisotopic (exact) mass is 522 g/mol. The van der Waals surface area contributed by atoms with Crippen LogP contribution in [0, 0.1) is 0 Å². The Morgan fingerprint density at radius 2 is 1.96 bits per heavy atom. The van der Waals surface area contributed by atoms with Crippen LogP contribution in [0.1, 0.15) is 51.8 Å². The lowest BCUT2D eigenvalue weighted by atomic mass is 10.3. The van der Waals surface area contributed by atoms with E-state index in [-0.39, 0.29) is 24.0 Å². The molecular formula is C19H35IN6OS. The third kappa shape index (κ3) is 6.98. The molecule has 1 saturated heterocycles. The predicted molar refractivity (Wildman–Crippen MR) is 127 cm³/mol. The van der Waals surface area contributed by atoms with Crippen LogP contribution in [0.4, 0.5) is 5.13 Å². The first-order valence-corrected chi connectivity index (χ1v) is 11.3. The molecule has 0 spiro atoms. The maximum atomic E-state index is 5.94. The van der Waals surface area contributed by atoms with Gasteiger partial charge in [0, 0.05) is 63.8 Å². The number of nitrogens with one attached hydrogen (secondary N) is 1. The Morgan fingerprint density at radius 1 is 1.21 bits per heavy atom. The summed E-state index contributed by atoms with van der Waals surface area (Å²) in [5, 5.41) is 4.50. The molecule has 1 saturated carbocycles. The molecule has 3 rings (SSSR count). The van der Waals surface area contributed by atoms with Gasteiger partial charge in [0.05, 0.1) is 6.10 Å². The summed E-state index contributed by atoms with van der Waals surface area (Å²) in [6, 6.07) is 0. The fraction of sp³-hybridized carbons (Fsp3) is 0.842. The van der Waals surface area contributed by atoms with E-state index in [1.54, 1.807) is 0 Å². The lowest BCUT2D eigenvalue weighted by Gasteiger charge is -2.36. The molecule has 0 aromatic carbocycles. The molecule has 1 N–H and O–H groups in total. The number of anilines is 1. The normalized spacial score (nSPS) is 18.4. The van der Waals surface area contributed by atoms with Gasteiger partial charge >= 0.3 is 0 Å². The number of ether oxygens (including phenoxy) is 1. The number of halogens is 1. The van der Waals surface area contributed by atoms with Crippen molar-refractivity contribution in [3.05, 3.63) is 5.82 Å². The van der Waals surface area contributed by atoms with E-state index in [9.17, 15) is 0 Å². The van der Waals surface area contributed by atoms with Crippen LogP contribution in [0.5, 0.6) is 0 Å². The molecule has 28 heavy (non-hydrogen) atoms. The van der Waals surface area contributed by atoms with Gasteiger partial charge in [-0.25, -0.2) is 4.98 Å². The minimum absolute atomic E-state index is 0. The zero-order valence-electron chi connectivity index (χ0n) is 17.2. The van der Waals surface area contributed by atoms with Crippen LogP contribution >= 0.6 is 35.5 Å². The first kappa shape index (κ1) is 23.6. The fourth-order valence-corrected chi connectivity index (χ4v) is 4.41. The maximum absolute atomic E-state index is 5.94. The van der Waals surface area contributed by atoms with Crippen LogP contribution < -0.4 is 10.2 Å². The van der Waals surface area contributed by atoms with Crippen LogP contribution in [-0.4, -0.2) is 72.2 Å². The number of rotatable bonds is 8. The molecule has 9 heteroatoms. The van der Waals surface area contributed by atoms with Crippen LogP contribution in [0.3, 0.4) is 0 Å². The molecular weight excluding hydrogens is 487 g/mol. The molecule has 1 aromatic heterocycles. The Morgan fingerprint density at radius 3 is 2.61 bits per heavy atom. The predicted octanol–water partition coefficient (Wildman–Crippen LogP) is 3.16. The van der Waals surface area contributed by atoms with Gasteiger partial charge in [-0.1, -0.05) is 19.8 Å². The zero-order valence-corrected chi connectivity index (χ0v) is 20.4. The van der Waals surface area contributed by atoms with Crippen molar-refractivity contribution in [3.63, 3.8) is 0 Å². The van der Waals surface area contributed by atoms with E-state index in [0.29, 0.717) is 6.10 Å². The van der Waals surface area contributed by atoms with Gasteiger partial charge in [-0.3, -0.25) is 4.99 Å². The Hall–Kier alpha value is -0.680. The largest absolute Gasteiger partial charge is 0.378 e. The van der Waals surface area contributed by atoms with Gasteiger partial charge in [0.1, 0.15) is 5.82 Å². The molecule has 7 nitrogen and oxygen atoms in total. The average molecular weight is 523 g/mol. The summed E-state index contributed by atoms with van der Waals surface area (Å²) in [6.45, 7) is 10.6. The molecule has 2 fully saturated rings. The maximum Gasteiger partial charge on any atom is 0.205 e. The molecule has 0 bridgehead atoms. The van der Waals surface area contributed by atoms with E-state index in [1.807, 2.05) is 0 Å². The van der Waals surface area contributed by atoms with Gasteiger partial charge in [-0.05, 0) is 26.2 Å². The molecule has 0 unspecified atom stereocenters. The van der Waals surface area contributed by atoms with Crippen LogP contribution in [0.15, 0.2) is 4.99 Å². The topological polar surface area (TPSA) is 65.9 Å². The van der Waals surface area contributed by atoms with Gasteiger partial charge in [0.2, 0.25) is 5.13 Å². The molecule has 1 aliphatic carbocycles. The second kappa shape index (κ2) is 12.8. The van der Waals surface area contributed by atoms with Gasteiger partial charge in [-0.15, -0.1) is 24.0 Å². The van der Waals surface area contributed by atoms with E-state index in [4.69, 9.17) is 9.73 Å². The molecule has 0 radical (unpaired) electrons. The van der Waals surface area contributed by atoms with Crippen molar-refractivity contribution in [1.82, 2.24) is 19.6 Å². The van der Waals surface area contributed by atoms with Crippen molar-refractivity contribution in [2.75, 3.05) is 50.8 Å². The minimum atomic E-state index is 0. The summed E-state index contributed by atoms with van der Waals surface area (Å²) in [7, 11) is 0. The highest BCUT2D eigenvalue weighted by Gasteiger charge is 2.22. The molecule has 2 aliphatic rings. The number of nitrogens with zero attached hydrogens (tertiary/aromatic N) is 5. The van der Waals surface area contributed by atoms with Gasteiger partial charge in [-0.2, -0.15) is 4.37 Å². The van der Waals surface area contributed by atoms with Crippen LogP contribution in [0.2, 0.25) is 0 Å². The lowest BCUT2D eigenvalue weighted by Crippen LogP contribution is -2.52. The van der Waals surface area contributed by atoms with Crippen molar-refractivity contribution in [2.24, 2.45) is 4.99 Å². The highest BCUT2D eigenvalue weighted by Crippen LogP contribution is 2.21. The number of aryl methyl sites for hydroxylation is 1. The number of piperazine rings is 1. The second-order valence-corrected chi connectivity index (χ2v) is 7.92. The summed E-state index contributed by atoms with van der Waals surface area (Å²) in [4.78, 5) is 14.1. The van der Waals surface area contributed by atoms with Crippen molar-refractivity contribution in [2.45, 2.75) is 58.5 Å². The summed E-state index contributed by atoms with van der Waals surface area (Å²) in [6.07, 6.45) is 7.54. The summed E-state index contributed by atoms with van der Waals surface area (Å²) in [5.41, 5.74) is 0. The first-order chi connectivity index (χ1) is 13.3. The van der Waals surface area contributed by atoms with Crippen molar-refractivity contribution in [1.29, 1.82) is 0 Å². The van der Waals surface area contributed by atoms with Crippen LogP contribution in [0.25, 0.3) is 0 Å². The Balaban J connectivity index is 0.00000280. The molecule has 0 atom stereocenters. The van der Waals surface area contributed by atoms with E-state index in [2.05, 4.69) is 38.3 Å². The highest BCUT2D eigenvalue weighted by atomic mass is 127. The molecule has 2 heterocycles. The summed E-state index contributed by atoms with van der Waals surface area (Å²) >= 11 is 1.52. The quantitative estimate of drug-likeness (QED) is 0.245. The smallest absolute Gasteiger partial charge is 0.205 e. The van der Waals surface area contributed by atoms with Gasteiger partial charge in [0.25, 0.3) is 0 Å². The Labute approximate surface area is 190 Å². The highest BCUT2D eigenvalue weighted by molar-refractivity contribution is 14.0. The van der Waals surface area contributed by atoms with E-state index in [1.165, 1.54) is 37.2 Å². The number of guanidine groups is 1. The minimum Gasteiger partial charge on any atom is -0.378 e. The fourth-order valence-electron chi connectivity index (χ4n) is 3.61. The van der Waals surface area contributed by atoms with E-state index < -0.39 is 0 Å². The molecule has 1 aromatic rings. The Kier molecular flexibility index (Phi) is 10.8. The SMILES string of the molecule is CCNC(=NCCCOC1CCCC1)N1CCN(c2nc(CC)ns2)CC1.I. The second-order valence-electron chi connectivity index (χ2n) is 7.19. The lowest BCUT2D eigenvalue weighted by molar-refractivity contribution is 0.0579. The first-order valence-electron chi connectivity index (χ1n) is 10.5. The van der Waals surface area contributed by atoms with Crippen molar-refractivity contribution >= 4 is 46.6 Å². The van der Waals surface area contributed by atoms with E-state index >= 15 is 0 Å². The van der Waals surface area contributed by atoms with Gasteiger partial charge in [0.15, 0.2) is 5.96 Å². The Bertz CT molecular complexity index is 585. The third-order valence-electron chi connectivity index (χ3n) is 5.18. The van der Waals surface area contributed by atoms with E-state index in [0.717, 1.165) is 75.6 Å². The van der Waals surface area contributed by atoms with Gasteiger partial charge < -0.3 is 19.9 Å². The molecule has 160 valence electrons. The molecule has 0 amide bonds. The number of aliphatic imine (C=N–C) groups is 1. The molecule has 1 aliphatic heterocycles. The summed E-state index contributed by atoms with van der Waals surface area (Å²) < 4.78 is 10.4. The number of aromatic nitrogens is 2. The van der Waals surface area contributed by atoms with Crippen molar-refractivity contribution in [3.8, 4) is 0 Å². The average Bonchev–Trinajstić information content (AvgIpc) is 3.39. The number of hydrogen-bond donors (Lipinski definition) is 1. The third-order valence-corrected chi connectivity index (χ3v) is 5.99. The van der Waals surface area contributed by atoms with Crippen LogP contribution in [-0.2, 0) is 11.2 Å². The van der Waals surface area contributed by atoms with Crippen molar-refractivity contribution < 1.29 is 4.74 Å².